The number of carbonyl (C=O) groups is 1. The van der Waals surface area contributed by atoms with Crippen LogP contribution in [0.5, 0.6) is 5.75 Å². The smallest absolute Gasteiger partial charge is 0.264 e. The van der Waals surface area contributed by atoms with E-state index >= 15 is 0 Å². The first-order valence-corrected chi connectivity index (χ1v) is 9.28. The van der Waals surface area contributed by atoms with E-state index in [1.807, 2.05) is 44.2 Å². The molecule has 1 amide bonds. The molecule has 2 rings (SSSR count). The Bertz CT molecular complexity index is 757. The van der Waals surface area contributed by atoms with Gasteiger partial charge in [0.1, 0.15) is 5.75 Å². The van der Waals surface area contributed by atoms with Gasteiger partial charge in [0.15, 0.2) is 11.7 Å². The molecule has 0 atom stereocenters. The first kappa shape index (κ1) is 19.9. The number of thiocarbonyl (C=S) groups is 1. The molecule has 0 heterocycles. The molecule has 0 saturated heterocycles. The van der Waals surface area contributed by atoms with Crippen LogP contribution in [0.1, 0.15) is 36.5 Å². The van der Waals surface area contributed by atoms with Crippen LogP contribution in [0.25, 0.3) is 0 Å². The molecule has 0 aliphatic carbocycles. The van der Waals surface area contributed by atoms with E-state index in [2.05, 4.69) is 29.7 Å². The third kappa shape index (κ3) is 6.48. The molecule has 0 saturated carbocycles. The normalized spacial score (nSPS) is 10.3. The summed E-state index contributed by atoms with van der Waals surface area (Å²) in [5, 5.41) is 5.92. The lowest BCUT2D eigenvalue weighted by molar-refractivity contribution is -0.121. The number of benzene rings is 2. The highest BCUT2D eigenvalue weighted by molar-refractivity contribution is 7.80. The molecule has 0 aliphatic heterocycles. The van der Waals surface area contributed by atoms with E-state index in [1.54, 1.807) is 0 Å². The Morgan fingerprint density at radius 1 is 1.12 bits per heavy atom. The third-order valence-electron chi connectivity index (χ3n) is 3.99. The van der Waals surface area contributed by atoms with Gasteiger partial charge in [0.05, 0.1) is 0 Å². The van der Waals surface area contributed by atoms with E-state index in [9.17, 15) is 4.79 Å². The van der Waals surface area contributed by atoms with Crippen molar-refractivity contribution in [2.24, 2.45) is 0 Å². The molecule has 5 heteroatoms. The maximum Gasteiger partial charge on any atom is 0.264 e. The molecule has 138 valence electrons. The van der Waals surface area contributed by atoms with E-state index in [0.717, 1.165) is 23.2 Å². The Kier molecular flexibility index (Phi) is 7.60. The third-order valence-corrected chi connectivity index (χ3v) is 4.19. The van der Waals surface area contributed by atoms with Crippen molar-refractivity contribution in [1.82, 2.24) is 5.32 Å². The summed E-state index contributed by atoms with van der Waals surface area (Å²) in [6, 6.07) is 14.0. The highest BCUT2D eigenvalue weighted by atomic mass is 32.1. The number of aryl methyl sites for hydroxylation is 3. The molecule has 2 aromatic rings. The molecular formula is C21H26N2O2S. The van der Waals surface area contributed by atoms with Crippen molar-refractivity contribution in [2.75, 3.05) is 11.9 Å². The van der Waals surface area contributed by atoms with Crippen molar-refractivity contribution < 1.29 is 9.53 Å². The lowest BCUT2D eigenvalue weighted by Gasteiger charge is -2.12. The summed E-state index contributed by atoms with van der Waals surface area (Å²) in [7, 11) is 0. The first-order chi connectivity index (χ1) is 12.5. The molecule has 0 fully saturated rings. The SMILES string of the molecule is CCCCc1ccc(NC(=S)NC(=O)COc2cc(C)ccc2C)cc1. The summed E-state index contributed by atoms with van der Waals surface area (Å²) in [6.07, 6.45) is 3.44. The molecule has 2 N–H and O–H groups in total. The molecule has 0 aliphatic rings. The summed E-state index contributed by atoms with van der Waals surface area (Å²) in [5.41, 5.74) is 4.23. The summed E-state index contributed by atoms with van der Waals surface area (Å²) in [4.78, 5) is 12.0. The standard InChI is InChI=1S/C21H26N2O2S/c1-4-5-6-17-9-11-18(12-10-17)22-21(26)23-20(24)14-25-19-13-15(2)7-8-16(19)3/h7-13H,4-6,14H2,1-3H3,(H2,22,23,24,26). The van der Waals surface area contributed by atoms with Crippen LogP contribution in [-0.4, -0.2) is 17.6 Å². The molecule has 2 aromatic carbocycles. The van der Waals surface area contributed by atoms with Gasteiger partial charge in [-0.25, -0.2) is 0 Å². The van der Waals surface area contributed by atoms with Gasteiger partial charge in [-0.3, -0.25) is 10.1 Å². The lowest BCUT2D eigenvalue weighted by atomic mass is 10.1. The fourth-order valence-corrected chi connectivity index (χ4v) is 2.70. The average Bonchev–Trinajstić information content (AvgIpc) is 2.62. The van der Waals surface area contributed by atoms with Crippen molar-refractivity contribution in [2.45, 2.75) is 40.0 Å². The molecule has 26 heavy (non-hydrogen) atoms. The molecule has 0 unspecified atom stereocenters. The maximum absolute atomic E-state index is 12.0. The number of carbonyl (C=O) groups excluding carboxylic acids is 1. The van der Waals surface area contributed by atoms with Gasteiger partial charge in [0, 0.05) is 5.69 Å². The van der Waals surface area contributed by atoms with Gasteiger partial charge >= 0.3 is 0 Å². The van der Waals surface area contributed by atoms with Crippen LogP contribution in [0.15, 0.2) is 42.5 Å². The van der Waals surface area contributed by atoms with Gasteiger partial charge in [0.25, 0.3) is 5.91 Å². The van der Waals surface area contributed by atoms with Gasteiger partial charge in [0.2, 0.25) is 0 Å². The van der Waals surface area contributed by atoms with Crippen molar-refractivity contribution in [3.8, 4) is 5.75 Å². The second-order valence-corrected chi connectivity index (χ2v) is 6.77. The second kappa shape index (κ2) is 9.92. The number of rotatable bonds is 7. The van der Waals surface area contributed by atoms with Crippen LogP contribution >= 0.6 is 12.2 Å². The fourth-order valence-electron chi connectivity index (χ4n) is 2.47. The zero-order chi connectivity index (χ0) is 18.9. The second-order valence-electron chi connectivity index (χ2n) is 6.36. The van der Waals surface area contributed by atoms with E-state index in [4.69, 9.17) is 17.0 Å². The Morgan fingerprint density at radius 3 is 2.54 bits per heavy atom. The summed E-state index contributed by atoms with van der Waals surface area (Å²) in [6.45, 7) is 6.03. The zero-order valence-corrected chi connectivity index (χ0v) is 16.4. The van der Waals surface area contributed by atoms with Crippen LogP contribution in [0.4, 0.5) is 5.69 Å². The molecule has 0 radical (unpaired) electrons. The van der Waals surface area contributed by atoms with Crippen molar-refractivity contribution in [3.63, 3.8) is 0 Å². The van der Waals surface area contributed by atoms with E-state index < -0.39 is 0 Å². The van der Waals surface area contributed by atoms with Crippen molar-refractivity contribution in [1.29, 1.82) is 0 Å². The maximum atomic E-state index is 12.0. The predicted molar refractivity (Wildman–Crippen MR) is 111 cm³/mol. The largest absolute Gasteiger partial charge is 0.483 e. The van der Waals surface area contributed by atoms with Gasteiger partial charge in [-0.1, -0.05) is 37.6 Å². The lowest BCUT2D eigenvalue weighted by Crippen LogP contribution is -2.37. The van der Waals surface area contributed by atoms with Gasteiger partial charge in [-0.05, 0) is 73.8 Å². The molecule has 0 bridgehead atoms. The van der Waals surface area contributed by atoms with Crippen LogP contribution in [-0.2, 0) is 11.2 Å². The van der Waals surface area contributed by atoms with Gasteiger partial charge in [-0.2, -0.15) is 0 Å². The highest BCUT2D eigenvalue weighted by Gasteiger charge is 2.08. The number of ether oxygens (including phenoxy) is 1. The monoisotopic (exact) mass is 370 g/mol. The van der Waals surface area contributed by atoms with Gasteiger partial charge in [-0.15, -0.1) is 0 Å². The van der Waals surface area contributed by atoms with E-state index in [0.29, 0.717) is 5.75 Å². The average molecular weight is 371 g/mol. The Labute approximate surface area is 161 Å². The van der Waals surface area contributed by atoms with E-state index in [1.165, 1.54) is 18.4 Å². The van der Waals surface area contributed by atoms with Crippen molar-refractivity contribution in [3.05, 3.63) is 59.2 Å². The molecule has 4 nitrogen and oxygen atoms in total. The van der Waals surface area contributed by atoms with E-state index in [-0.39, 0.29) is 17.6 Å². The number of hydrogen-bond acceptors (Lipinski definition) is 3. The van der Waals surface area contributed by atoms with Crippen LogP contribution in [0.2, 0.25) is 0 Å². The number of amides is 1. The topological polar surface area (TPSA) is 50.4 Å². The summed E-state index contributed by atoms with van der Waals surface area (Å²) < 4.78 is 5.58. The predicted octanol–water partition coefficient (Wildman–Crippen LogP) is 4.54. The molecular weight excluding hydrogens is 344 g/mol. The minimum atomic E-state index is -0.289. The quantitative estimate of drug-likeness (QED) is 0.703. The first-order valence-electron chi connectivity index (χ1n) is 8.87. The highest BCUT2D eigenvalue weighted by Crippen LogP contribution is 2.18. The zero-order valence-electron chi connectivity index (χ0n) is 15.6. The number of unbranched alkanes of at least 4 members (excludes halogenated alkanes) is 1. The van der Waals surface area contributed by atoms with Crippen LogP contribution < -0.4 is 15.4 Å². The summed E-state index contributed by atoms with van der Waals surface area (Å²) in [5.74, 6) is 0.421. The van der Waals surface area contributed by atoms with Crippen molar-refractivity contribution >= 4 is 28.9 Å². The molecule has 0 aromatic heterocycles. The van der Waals surface area contributed by atoms with Crippen LogP contribution in [0, 0.1) is 13.8 Å². The number of hydrogen-bond donors (Lipinski definition) is 2. The Balaban J connectivity index is 1.79. The Hall–Kier alpha value is -2.40. The van der Waals surface area contributed by atoms with Crippen LogP contribution in [0.3, 0.4) is 0 Å². The number of nitrogens with one attached hydrogen (secondary N) is 2. The minimum absolute atomic E-state index is 0.0813. The fraction of sp³-hybridized carbons (Fsp3) is 0.333. The number of anilines is 1. The minimum Gasteiger partial charge on any atom is -0.483 e. The summed E-state index contributed by atoms with van der Waals surface area (Å²) >= 11 is 5.19. The molecule has 0 spiro atoms. The van der Waals surface area contributed by atoms with Gasteiger partial charge < -0.3 is 10.1 Å². The Morgan fingerprint density at radius 2 is 1.85 bits per heavy atom.